The number of benzene rings is 1. The van der Waals surface area contributed by atoms with Crippen LogP contribution in [0.4, 0.5) is 10.5 Å². The van der Waals surface area contributed by atoms with Crippen LogP contribution in [0.2, 0.25) is 0 Å². The number of hydrogen-bond donors (Lipinski definition) is 2. The van der Waals surface area contributed by atoms with Gasteiger partial charge in [0, 0.05) is 43.4 Å². The van der Waals surface area contributed by atoms with Crippen molar-refractivity contribution in [2.24, 2.45) is 0 Å². The molecule has 3 heterocycles. The zero-order valence-electron chi connectivity index (χ0n) is 13.8. The lowest BCUT2D eigenvalue weighted by atomic mass is 10.2. The van der Waals surface area contributed by atoms with Gasteiger partial charge in [-0.1, -0.05) is 30.3 Å². The van der Waals surface area contributed by atoms with Crippen molar-refractivity contribution >= 4 is 23.1 Å². The summed E-state index contributed by atoms with van der Waals surface area (Å²) < 4.78 is 2.05. The molecule has 25 heavy (non-hydrogen) atoms. The number of nitrogens with one attached hydrogen (secondary N) is 2. The molecule has 0 saturated carbocycles. The molecule has 1 aromatic carbocycles. The highest BCUT2D eigenvalue weighted by molar-refractivity contribution is 7.18. The van der Waals surface area contributed by atoms with Crippen molar-refractivity contribution in [2.45, 2.75) is 0 Å². The maximum atomic E-state index is 12.6. The van der Waals surface area contributed by atoms with Crippen LogP contribution in [-0.2, 0) is 0 Å². The fraction of sp³-hybridized carbons (Fsp3) is 0.211. The number of hydrogen-bond acceptors (Lipinski definition) is 3. The summed E-state index contributed by atoms with van der Waals surface area (Å²) in [6.45, 7) is 3.16. The zero-order chi connectivity index (χ0) is 17.1. The molecule has 0 spiro atoms. The standard InChI is InChI=1S/C19H20N4OS/c24-19(23-12-8-20-9-13-23)21-16-14-17(15-6-2-1-3-7-15)25-18(16)22-10-4-5-11-22/h1-7,10-11,14,20H,8-9,12-13H2,(H,21,24). The molecule has 6 heteroatoms. The van der Waals surface area contributed by atoms with Crippen LogP contribution in [0.3, 0.4) is 0 Å². The van der Waals surface area contributed by atoms with Gasteiger partial charge in [-0.05, 0) is 23.8 Å². The van der Waals surface area contributed by atoms with Crippen LogP contribution in [0.15, 0.2) is 60.9 Å². The lowest BCUT2D eigenvalue weighted by molar-refractivity contribution is 0.204. The molecule has 0 aliphatic carbocycles. The summed E-state index contributed by atoms with van der Waals surface area (Å²) in [6.07, 6.45) is 4.00. The normalized spacial score (nSPS) is 14.5. The Morgan fingerprint density at radius 3 is 2.48 bits per heavy atom. The van der Waals surface area contributed by atoms with E-state index in [1.165, 1.54) is 0 Å². The maximum absolute atomic E-state index is 12.6. The molecular formula is C19H20N4OS. The van der Waals surface area contributed by atoms with E-state index in [0.29, 0.717) is 0 Å². The van der Waals surface area contributed by atoms with Gasteiger partial charge in [0.2, 0.25) is 0 Å². The highest BCUT2D eigenvalue weighted by Crippen LogP contribution is 2.37. The van der Waals surface area contributed by atoms with E-state index in [1.807, 2.05) is 52.2 Å². The predicted molar refractivity (Wildman–Crippen MR) is 103 cm³/mol. The highest BCUT2D eigenvalue weighted by atomic mass is 32.1. The second-order valence-corrected chi connectivity index (χ2v) is 6.98. The van der Waals surface area contributed by atoms with Crippen LogP contribution >= 0.6 is 11.3 Å². The van der Waals surface area contributed by atoms with E-state index < -0.39 is 0 Å². The number of anilines is 1. The number of thiophene rings is 1. The Morgan fingerprint density at radius 2 is 1.76 bits per heavy atom. The molecule has 5 nitrogen and oxygen atoms in total. The fourth-order valence-corrected chi connectivity index (χ4v) is 4.03. The predicted octanol–water partition coefficient (Wildman–Crippen LogP) is 3.64. The van der Waals surface area contributed by atoms with Crippen molar-refractivity contribution in [2.75, 3.05) is 31.5 Å². The number of nitrogens with zero attached hydrogens (tertiary/aromatic N) is 2. The third kappa shape index (κ3) is 3.45. The highest BCUT2D eigenvalue weighted by Gasteiger charge is 2.19. The van der Waals surface area contributed by atoms with Crippen LogP contribution in [0, 0.1) is 0 Å². The first-order valence-electron chi connectivity index (χ1n) is 8.40. The molecule has 0 atom stereocenters. The zero-order valence-corrected chi connectivity index (χ0v) is 14.6. The smallest absolute Gasteiger partial charge is 0.322 e. The minimum absolute atomic E-state index is 0.0349. The molecule has 2 N–H and O–H groups in total. The molecule has 3 aromatic rings. The van der Waals surface area contributed by atoms with Gasteiger partial charge in [-0.3, -0.25) is 0 Å². The van der Waals surface area contributed by atoms with E-state index in [-0.39, 0.29) is 6.03 Å². The molecule has 2 aromatic heterocycles. The van der Waals surface area contributed by atoms with Crippen LogP contribution < -0.4 is 10.6 Å². The number of rotatable bonds is 3. The second-order valence-electron chi connectivity index (χ2n) is 5.95. The number of piperazine rings is 1. The summed E-state index contributed by atoms with van der Waals surface area (Å²) in [6, 6.07) is 16.3. The lowest BCUT2D eigenvalue weighted by Crippen LogP contribution is -2.48. The van der Waals surface area contributed by atoms with Gasteiger partial charge in [0.1, 0.15) is 5.00 Å². The van der Waals surface area contributed by atoms with Crippen LogP contribution in [0.1, 0.15) is 0 Å². The van der Waals surface area contributed by atoms with Gasteiger partial charge in [-0.2, -0.15) is 0 Å². The summed E-state index contributed by atoms with van der Waals surface area (Å²) in [4.78, 5) is 15.6. The van der Waals surface area contributed by atoms with Crippen LogP contribution in [-0.4, -0.2) is 41.7 Å². The van der Waals surface area contributed by atoms with Gasteiger partial charge in [-0.15, -0.1) is 11.3 Å². The first kappa shape index (κ1) is 15.9. The molecule has 0 bridgehead atoms. The fourth-order valence-electron chi connectivity index (χ4n) is 2.94. The Morgan fingerprint density at radius 1 is 1.04 bits per heavy atom. The van der Waals surface area contributed by atoms with Gasteiger partial charge in [0.05, 0.1) is 5.69 Å². The van der Waals surface area contributed by atoms with Gasteiger partial charge in [-0.25, -0.2) is 4.79 Å². The van der Waals surface area contributed by atoms with Crippen LogP contribution in [0.25, 0.3) is 15.4 Å². The van der Waals surface area contributed by atoms with Crippen LogP contribution in [0.5, 0.6) is 0 Å². The Hall–Kier alpha value is -2.57. The Bertz CT molecular complexity index is 836. The van der Waals surface area contributed by atoms with Crippen molar-refractivity contribution in [3.63, 3.8) is 0 Å². The van der Waals surface area contributed by atoms with Gasteiger partial charge in [0.15, 0.2) is 0 Å². The number of urea groups is 1. The Labute approximate surface area is 150 Å². The van der Waals surface area contributed by atoms with E-state index in [9.17, 15) is 4.79 Å². The molecule has 0 radical (unpaired) electrons. The molecule has 4 rings (SSSR count). The second kappa shape index (κ2) is 7.13. The molecule has 1 aliphatic rings. The Balaban J connectivity index is 1.65. The average molecular weight is 352 g/mol. The van der Waals surface area contributed by atoms with E-state index >= 15 is 0 Å². The number of carbonyl (C=O) groups excluding carboxylic acids is 1. The number of amides is 2. The van der Waals surface area contributed by atoms with Crippen molar-refractivity contribution in [1.82, 2.24) is 14.8 Å². The molecule has 2 amide bonds. The molecule has 1 aliphatic heterocycles. The summed E-state index contributed by atoms with van der Waals surface area (Å²) in [5.41, 5.74) is 2.01. The summed E-state index contributed by atoms with van der Waals surface area (Å²) in [5, 5.41) is 7.40. The van der Waals surface area contributed by atoms with E-state index in [1.54, 1.807) is 11.3 Å². The number of aromatic nitrogens is 1. The van der Waals surface area contributed by atoms with E-state index in [2.05, 4.69) is 28.8 Å². The number of carbonyl (C=O) groups is 1. The lowest BCUT2D eigenvalue weighted by Gasteiger charge is -2.27. The topological polar surface area (TPSA) is 49.3 Å². The summed E-state index contributed by atoms with van der Waals surface area (Å²) in [7, 11) is 0. The van der Waals surface area contributed by atoms with E-state index in [4.69, 9.17) is 0 Å². The van der Waals surface area contributed by atoms with E-state index in [0.717, 1.165) is 47.3 Å². The maximum Gasteiger partial charge on any atom is 0.322 e. The minimum Gasteiger partial charge on any atom is -0.322 e. The van der Waals surface area contributed by atoms with Crippen molar-refractivity contribution < 1.29 is 4.79 Å². The van der Waals surface area contributed by atoms with Gasteiger partial charge < -0.3 is 20.1 Å². The van der Waals surface area contributed by atoms with Crippen molar-refractivity contribution in [3.8, 4) is 15.4 Å². The molecule has 0 unspecified atom stereocenters. The first-order valence-corrected chi connectivity index (χ1v) is 9.22. The van der Waals surface area contributed by atoms with Crippen molar-refractivity contribution in [3.05, 3.63) is 60.9 Å². The Kier molecular flexibility index (Phi) is 4.54. The van der Waals surface area contributed by atoms with Gasteiger partial charge >= 0.3 is 6.03 Å². The quantitative estimate of drug-likeness (QED) is 0.756. The van der Waals surface area contributed by atoms with Crippen molar-refractivity contribution in [1.29, 1.82) is 0 Å². The molecule has 1 saturated heterocycles. The third-order valence-corrected chi connectivity index (χ3v) is 5.45. The first-order chi connectivity index (χ1) is 12.3. The SMILES string of the molecule is O=C(Nc1cc(-c2ccccc2)sc1-n1cccc1)N1CCNCC1. The monoisotopic (exact) mass is 352 g/mol. The largest absolute Gasteiger partial charge is 0.322 e. The molecular weight excluding hydrogens is 332 g/mol. The van der Waals surface area contributed by atoms with Gasteiger partial charge in [0.25, 0.3) is 0 Å². The molecule has 1 fully saturated rings. The average Bonchev–Trinajstić information content (AvgIpc) is 3.33. The third-order valence-electron chi connectivity index (χ3n) is 4.26. The minimum atomic E-state index is -0.0349. The molecule has 128 valence electrons. The summed E-state index contributed by atoms with van der Waals surface area (Å²) in [5.74, 6) is 0. The summed E-state index contributed by atoms with van der Waals surface area (Å²) >= 11 is 1.68.